The van der Waals surface area contributed by atoms with E-state index in [0.29, 0.717) is 43.6 Å². The van der Waals surface area contributed by atoms with Crippen LogP contribution >= 0.6 is 0 Å². The molecule has 1 atom stereocenters. The molecule has 7 nitrogen and oxygen atoms in total. The third-order valence-corrected chi connectivity index (χ3v) is 6.06. The number of carbonyl (C=O) groups is 1. The number of nitrogens with zero attached hydrogens (tertiary/aromatic N) is 5. The molecule has 0 spiro atoms. The first-order valence-electron chi connectivity index (χ1n) is 11.2. The number of carbonyl (C=O) groups excluding carboxylic acids is 1. The number of para-hydroxylation sites is 1. The lowest BCUT2D eigenvalue weighted by Gasteiger charge is -2.32. The number of hydrogen-bond donors (Lipinski definition) is 0. The molecule has 0 saturated carbocycles. The first kappa shape index (κ1) is 21.2. The average molecular weight is 442 g/mol. The standard InChI is InChI=1S/C26H27N5O2/c1-2-21-19-30(18-20-9-5-3-6-10-20)25(32)23-17-27-26(29-13-15-33-16-14-29)28-24(23)31(21)22-11-7-4-8-12-22/h2-12,17,21H,1,13-16,18-19H2/t21-/m1/s1. The quantitative estimate of drug-likeness (QED) is 0.563. The predicted molar refractivity (Wildman–Crippen MR) is 129 cm³/mol. The molecule has 33 heavy (non-hydrogen) atoms. The number of ether oxygens (including phenoxy) is 1. The lowest BCUT2D eigenvalue weighted by Crippen LogP contribution is -2.40. The molecule has 0 unspecified atom stereocenters. The van der Waals surface area contributed by atoms with E-state index in [1.54, 1.807) is 6.20 Å². The normalized spacial score (nSPS) is 18.6. The maximum Gasteiger partial charge on any atom is 0.259 e. The molecule has 3 aromatic rings. The summed E-state index contributed by atoms with van der Waals surface area (Å²) in [7, 11) is 0. The largest absolute Gasteiger partial charge is 0.378 e. The van der Waals surface area contributed by atoms with Crippen LogP contribution in [0.1, 0.15) is 15.9 Å². The Labute approximate surface area is 193 Å². The van der Waals surface area contributed by atoms with E-state index < -0.39 is 0 Å². The second-order valence-electron chi connectivity index (χ2n) is 8.19. The molecule has 0 aliphatic carbocycles. The number of hydrogen-bond acceptors (Lipinski definition) is 6. The Morgan fingerprint density at radius 3 is 2.42 bits per heavy atom. The number of aromatic nitrogens is 2. The van der Waals surface area contributed by atoms with Gasteiger partial charge in [0, 0.05) is 38.1 Å². The van der Waals surface area contributed by atoms with Crippen LogP contribution in [0.4, 0.5) is 17.5 Å². The minimum absolute atomic E-state index is 0.0762. The van der Waals surface area contributed by atoms with Crippen molar-refractivity contribution in [3.63, 3.8) is 0 Å². The van der Waals surface area contributed by atoms with Crippen LogP contribution < -0.4 is 9.80 Å². The van der Waals surface area contributed by atoms with Gasteiger partial charge < -0.3 is 19.4 Å². The number of rotatable bonds is 5. The minimum atomic E-state index is -0.145. The maximum atomic E-state index is 13.7. The number of fused-ring (bicyclic) bond motifs is 1. The first-order chi connectivity index (χ1) is 16.2. The predicted octanol–water partition coefficient (Wildman–Crippen LogP) is 3.66. The van der Waals surface area contributed by atoms with Gasteiger partial charge in [0.15, 0.2) is 5.82 Å². The van der Waals surface area contributed by atoms with Gasteiger partial charge in [-0.15, -0.1) is 6.58 Å². The fourth-order valence-electron chi connectivity index (χ4n) is 4.35. The highest BCUT2D eigenvalue weighted by atomic mass is 16.5. The summed E-state index contributed by atoms with van der Waals surface area (Å²) in [5, 5.41) is 0. The van der Waals surface area contributed by atoms with Crippen molar-refractivity contribution >= 4 is 23.4 Å². The molecule has 0 N–H and O–H groups in total. The molecule has 7 heteroatoms. The Morgan fingerprint density at radius 1 is 1.03 bits per heavy atom. The molecular weight excluding hydrogens is 414 g/mol. The van der Waals surface area contributed by atoms with Gasteiger partial charge in [-0.05, 0) is 17.7 Å². The van der Waals surface area contributed by atoms with E-state index in [2.05, 4.69) is 21.4 Å². The van der Waals surface area contributed by atoms with Crippen molar-refractivity contribution in [2.24, 2.45) is 0 Å². The van der Waals surface area contributed by atoms with Crippen LogP contribution in [-0.4, -0.2) is 59.7 Å². The average Bonchev–Trinajstić information content (AvgIpc) is 2.99. The van der Waals surface area contributed by atoms with Crippen molar-refractivity contribution in [2.75, 3.05) is 42.6 Å². The molecule has 0 bridgehead atoms. The summed E-state index contributed by atoms with van der Waals surface area (Å²) in [5.41, 5.74) is 2.54. The molecule has 1 amide bonds. The van der Waals surface area contributed by atoms with Gasteiger partial charge in [0.1, 0.15) is 5.56 Å². The molecule has 168 valence electrons. The molecule has 1 aromatic heterocycles. The molecule has 5 rings (SSSR count). The number of amides is 1. The number of anilines is 3. The Bertz CT molecular complexity index is 1120. The summed E-state index contributed by atoms with van der Waals surface area (Å²) in [6.45, 7) is 7.84. The van der Waals surface area contributed by atoms with Gasteiger partial charge in [-0.25, -0.2) is 4.98 Å². The van der Waals surface area contributed by atoms with Crippen molar-refractivity contribution in [2.45, 2.75) is 12.6 Å². The Balaban J connectivity index is 1.60. The van der Waals surface area contributed by atoms with Crippen molar-refractivity contribution < 1.29 is 9.53 Å². The molecule has 0 radical (unpaired) electrons. The van der Waals surface area contributed by atoms with Gasteiger partial charge in [0.05, 0.1) is 19.3 Å². The van der Waals surface area contributed by atoms with Crippen LogP contribution in [-0.2, 0) is 11.3 Å². The third kappa shape index (κ3) is 4.32. The Hall–Kier alpha value is -3.71. The van der Waals surface area contributed by atoms with Crippen molar-refractivity contribution in [3.8, 4) is 0 Å². The maximum absolute atomic E-state index is 13.7. The van der Waals surface area contributed by atoms with E-state index in [4.69, 9.17) is 9.72 Å². The lowest BCUT2D eigenvalue weighted by molar-refractivity contribution is 0.0747. The second-order valence-corrected chi connectivity index (χ2v) is 8.19. The second kappa shape index (κ2) is 9.42. The molecule has 2 aliphatic heterocycles. The van der Waals surface area contributed by atoms with Gasteiger partial charge in [-0.3, -0.25) is 4.79 Å². The highest BCUT2D eigenvalue weighted by Gasteiger charge is 2.34. The van der Waals surface area contributed by atoms with Crippen LogP contribution in [0.2, 0.25) is 0 Å². The van der Waals surface area contributed by atoms with Crippen LogP contribution in [0.15, 0.2) is 79.5 Å². The SMILES string of the molecule is C=C[C@@H]1CN(Cc2ccccc2)C(=O)c2cnc(N3CCOCC3)nc2N1c1ccccc1. The van der Waals surface area contributed by atoms with Gasteiger partial charge in [0.2, 0.25) is 5.95 Å². The van der Waals surface area contributed by atoms with E-state index in [-0.39, 0.29) is 11.9 Å². The summed E-state index contributed by atoms with van der Waals surface area (Å²) >= 11 is 0. The van der Waals surface area contributed by atoms with E-state index in [9.17, 15) is 4.79 Å². The fourth-order valence-corrected chi connectivity index (χ4v) is 4.35. The van der Waals surface area contributed by atoms with Gasteiger partial charge in [0.25, 0.3) is 5.91 Å². The number of benzene rings is 2. The van der Waals surface area contributed by atoms with Crippen LogP contribution in [0.3, 0.4) is 0 Å². The molecule has 2 aromatic carbocycles. The molecule has 1 fully saturated rings. The molecule has 3 heterocycles. The van der Waals surface area contributed by atoms with Crippen molar-refractivity contribution in [1.82, 2.24) is 14.9 Å². The van der Waals surface area contributed by atoms with Crippen molar-refractivity contribution in [3.05, 3.63) is 90.6 Å². The topological polar surface area (TPSA) is 61.8 Å². The monoisotopic (exact) mass is 441 g/mol. The van der Waals surface area contributed by atoms with Gasteiger partial charge >= 0.3 is 0 Å². The third-order valence-electron chi connectivity index (χ3n) is 6.06. The zero-order valence-electron chi connectivity index (χ0n) is 18.5. The summed E-state index contributed by atoms with van der Waals surface area (Å²) < 4.78 is 5.48. The zero-order chi connectivity index (χ0) is 22.6. The highest BCUT2D eigenvalue weighted by Crippen LogP contribution is 2.34. The molecule has 1 saturated heterocycles. The first-order valence-corrected chi connectivity index (χ1v) is 11.2. The zero-order valence-corrected chi connectivity index (χ0v) is 18.5. The minimum Gasteiger partial charge on any atom is -0.378 e. The van der Waals surface area contributed by atoms with Crippen LogP contribution in [0.25, 0.3) is 0 Å². The van der Waals surface area contributed by atoms with Crippen LogP contribution in [0.5, 0.6) is 0 Å². The van der Waals surface area contributed by atoms with Crippen molar-refractivity contribution in [1.29, 1.82) is 0 Å². The molecule has 2 aliphatic rings. The lowest BCUT2D eigenvalue weighted by atomic mass is 10.1. The summed E-state index contributed by atoms with van der Waals surface area (Å²) in [6, 6.07) is 19.9. The Kier molecular flexibility index (Phi) is 6.04. The summed E-state index contributed by atoms with van der Waals surface area (Å²) in [5.74, 6) is 1.15. The van der Waals surface area contributed by atoms with Crippen LogP contribution in [0, 0.1) is 0 Å². The smallest absolute Gasteiger partial charge is 0.259 e. The van der Waals surface area contributed by atoms with E-state index >= 15 is 0 Å². The van der Waals surface area contributed by atoms with E-state index in [1.165, 1.54) is 0 Å². The van der Waals surface area contributed by atoms with Gasteiger partial charge in [-0.2, -0.15) is 4.98 Å². The molecular formula is C26H27N5O2. The summed E-state index contributed by atoms with van der Waals surface area (Å²) in [6.07, 6.45) is 3.57. The number of morpholine rings is 1. The van der Waals surface area contributed by atoms with Gasteiger partial charge in [-0.1, -0.05) is 54.6 Å². The fraction of sp³-hybridized carbons (Fsp3) is 0.269. The van der Waals surface area contributed by atoms with E-state index in [0.717, 1.165) is 24.3 Å². The Morgan fingerprint density at radius 2 is 1.73 bits per heavy atom. The van der Waals surface area contributed by atoms with E-state index in [1.807, 2.05) is 71.6 Å². The highest BCUT2D eigenvalue weighted by molar-refractivity contribution is 6.00. The summed E-state index contributed by atoms with van der Waals surface area (Å²) in [4.78, 5) is 29.3.